The molecule has 1 unspecified atom stereocenters. The van der Waals surface area contributed by atoms with Gasteiger partial charge in [0.2, 0.25) is 0 Å². The Bertz CT molecular complexity index is 686. The number of hydrogen-bond donors (Lipinski definition) is 0. The minimum atomic E-state index is -0.102. The fourth-order valence-corrected chi connectivity index (χ4v) is 4.36. The van der Waals surface area contributed by atoms with Crippen molar-refractivity contribution in [2.45, 2.75) is 18.7 Å². The van der Waals surface area contributed by atoms with E-state index >= 15 is 0 Å². The largest absolute Gasteiger partial charge is 0.496 e. The molecular formula is C16H14Br2Cl2O. The van der Waals surface area contributed by atoms with Crippen molar-refractivity contribution in [2.24, 2.45) is 0 Å². The molecule has 0 aromatic heterocycles. The molecule has 0 aliphatic carbocycles. The number of ether oxygens (including phenoxy) is 1. The molecule has 0 fully saturated rings. The van der Waals surface area contributed by atoms with Crippen molar-refractivity contribution in [1.82, 2.24) is 0 Å². The van der Waals surface area contributed by atoms with Gasteiger partial charge in [-0.15, -0.1) is 0 Å². The topological polar surface area (TPSA) is 9.23 Å². The molecule has 1 atom stereocenters. The Balaban J connectivity index is 2.68. The predicted molar refractivity (Wildman–Crippen MR) is 97.4 cm³/mol. The molecule has 0 bridgehead atoms. The third-order valence-corrected chi connectivity index (χ3v) is 6.03. The van der Waals surface area contributed by atoms with Crippen LogP contribution in [0.4, 0.5) is 0 Å². The van der Waals surface area contributed by atoms with Crippen LogP contribution in [-0.4, -0.2) is 7.11 Å². The normalized spacial score (nSPS) is 12.3. The van der Waals surface area contributed by atoms with Crippen molar-refractivity contribution in [3.8, 4) is 5.75 Å². The lowest BCUT2D eigenvalue weighted by atomic mass is 9.97. The molecule has 0 saturated heterocycles. The van der Waals surface area contributed by atoms with Gasteiger partial charge in [0.15, 0.2) is 0 Å². The van der Waals surface area contributed by atoms with Gasteiger partial charge >= 0.3 is 0 Å². The van der Waals surface area contributed by atoms with Crippen molar-refractivity contribution in [1.29, 1.82) is 0 Å². The second-order valence-corrected chi connectivity index (χ2v) is 7.31. The zero-order valence-electron chi connectivity index (χ0n) is 11.8. The van der Waals surface area contributed by atoms with Gasteiger partial charge < -0.3 is 4.74 Å². The second kappa shape index (κ2) is 6.91. The first-order valence-corrected chi connectivity index (χ1v) is 8.76. The van der Waals surface area contributed by atoms with Crippen LogP contribution in [0.5, 0.6) is 5.75 Å². The Morgan fingerprint density at radius 1 is 1.19 bits per heavy atom. The monoisotopic (exact) mass is 450 g/mol. The number of aryl methyl sites for hydroxylation is 1. The Hall–Kier alpha value is -0.220. The van der Waals surface area contributed by atoms with Gasteiger partial charge in [0, 0.05) is 10.0 Å². The molecule has 2 aromatic carbocycles. The highest BCUT2D eigenvalue weighted by Gasteiger charge is 2.23. The number of methoxy groups -OCH3 is 1. The van der Waals surface area contributed by atoms with E-state index in [1.807, 2.05) is 26.0 Å². The van der Waals surface area contributed by atoms with E-state index in [9.17, 15) is 0 Å². The van der Waals surface area contributed by atoms with E-state index in [0.29, 0.717) is 10.0 Å². The van der Waals surface area contributed by atoms with Crippen LogP contribution in [-0.2, 0) is 0 Å². The summed E-state index contributed by atoms with van der Waals surface area (Å²) >= 11 is 19.8. The van der Waals surface area contributed by atoms with Gasteiger partial charge in [-0.1, -0.05) is 67.2 Å². The van der Waals surface area contributed by atoms with Crippen LogP contribution in [0.3, 0.4) is 0 Å². The Labute approximate surface area is 151 Å². The average molecular weight is 453 g/mol. The molecule has 2 aromatic rings. The molecule has 0 N–H and O–H groups in total. The van der Waals surface area contributed by atoms with Crippen molar-refractivity contribution in [2.75, 3.05) is 7.11 Å². The molecule has 1 nitrogen and oxygen atoms in total. The molecule has 0 saturated carbocycles. The highest BCUT2D eigenvalue weighted by atomic mass is 79.9. The van der Waals surface area contributed by atoms with E-state index in [1.54, 1.807) is 13.2 Å². The summed E-state index contributed by atoms with van der Waals surface area (Å²) < 4.78 is 6.64. The van der Waals surface area contributed by atoms with Crippen molar-refractivity contribution in [3.05, 3.63) is 61.0 Å². The fourth-order valence-electron chi connectivity index (χ4n) is 2.32. The summed E-state index contributed by atoms with van der Waals surface area (Å²) in [6, 6.07) is 7.69. The number of halogens is 4. The zero-order valence-corrected chi connectivity index (χ0v) is 16.5. The van der Waals surface area contributed by atoms with Crippen LogP contribution in [0.15, 0.2) is 28.7 Å². The molecule has 0 aliphatic rings. The molecule has 5 heteroatoms. The third-order valence-electron chi connectivity index (χ3n) is 3.42. The average Bonchev–Trinajstić information content (AvgIpc) is 2.44. The molecule has 112 valence electrons. The first-order valence-electron chi connectivity index (χ1n) is 6.30. The van der Waals surface area contributed by atoms with Crippen LogP contribution in [0, 0.1) is 13.8 Å². The van der Waals surface area contributed by atoms with Gasteiger partial charge in [0.25, 0.3) is 0 Å². The molecule has 0 amide bonds. The fraction of sp³-hybridized carbons (Fsp3) is 0.250. The maximum absolute atomic E-state index is 6.35. The summed E-state index contributed by atoms with van der Waals surface area (Å²) in [7, 11) is 1.68. The first-order chi connectivity index (χ1) is 9.88. The summed E-state index contributed by atoms with van der Waals surface area (Å²) in [6.07, 6.45) is 0. The molecule has 0 aliphatic heterocycles. The Kier molecular flexibility index (Phi) is 5.64. The maximum atomic E-state index is 6.35. The second-order valence-electron chi connectivity index (χ2n) is 4.75. The smallest absolute Gasteiger partial charge is 0.126 e. The summed E-state index contributed by atoms with van der Waals surface area (Å²) in [6.45, 7) is 4.07. The Morgan fingerprint density at radius 3 is 2.48 bits per heavy atom. The van der Waals surface area contributed by atoms with Crippen molar-refractivity contribution in [3.63, 3.8) is 0 Å². The number of alkyl halides is 1. The quantitative estimate of drug-likeness (QED) is 0.462. The van der Waals surface area contributed by atoms with E-state index in [0.717, 1.165) is 32.5 Å². The predicted octanol–water partition coefficient (Wildman–Crippen LogP) is 6.87. The van der Waals surface area contributed by atoms with Gasteiger partial charge in [0.1, 0.15) is 5.75 Å². The summed E-state index contributed by atoms with van der Waals surface area (Å²) in [5.41, 5.74) is 4.14. The number of benzene rings is 2. The highest BCUT2D eigenvalue weighted by molar-refractivity contribution is 9.10. The molecule has 0 heterocycles. The zero-order chi connectivity index (χ0) is 15.7. The van der Waals surface area contributed by atoms with Crippen molar-refractivity contribution >= 4 is 55.1 Å². The lowest BCUT2D eigenvalue weighted by molar-refractivity contribution is 0.406. The van der Waals surface area contributed by atoms with E-state index in [2.05, 4.69) is 37.9 Å². The van der Waals surface area contributed by atoms with E-state index in [-0.39, 0.29) is 4.83 Å². The molecule has 2 rings (SSSR count). The number of rotatable bonds is 3. The van der Waals surface area contributed by atoms with Crippen molar-refractivity contribution < 1.29 is 4.74 Å². The van der Waals surface area contributed by atoms with E-state index in [4.69, 9.17) is 27.9 Å². The van der Waals surface area contributed by atoms with Crippen LogP contribution >= 0.6 is 55.1 Å². The van der Waals surface area contributed by atoms with Crippen LogP contribution in [0.1, 0.15) is 27.1 Å². The van der Waals surface area contributed by atoms with E-state index in [1.165, 1.54) is 0 Å². The van der Waals surface area contributed by atoms with Crippen LogP contribution in [0.25, 0.3) is 0 Å². The Morgan fingerprint density at radius 2 is 1.86 bits per heavy atom. The summed E-state index contributed by atoms with van der Waals surface area (Å²) in [4.78, 5) is -0.102. The van der Waals surface area contributed by atoms with Crippen LogP contribution < -0.4 is 4.74 Å². The lowest BCUT2D eigenvalue weighted by Gasteiger charge is -2.21. The summed E-state index contributed by atoms with van der Waals surface area (Å²) in [5, 5.41) is 1.10. The van der Waals surface area contributed by atoms with Crippen LogP contribution in [0.2, 0.25) is 10.0 Å². The SMILES string of the molecule is COc1c(C)cc(Br)c(C)c1C(Br)c1cccc(Cl)c1Cl. The number of hydrogen-bond acceptors (Lipinski definition) is 1. The maximum Gasteiger partial charge on any atom is 0.126 e. The minimum Gasteiger partial charge on any atom is -0.496 e. The van der Waals surface area contributed by atoms with Gasteiger partial charge in [-0.3, -0.25) is 0 Å². The molecule has 0 spiro atoms. The van der Waals surface area contributed by atoms with Gasteiger partial charge in [-0.2, -0.15) is 0 Å². The summed E-state index contributed by atoms with van der Waals surface area (Å²) in [5.74, 6) is 0.855. The van der Waals surface area contributed by atoms with Gasteiger partial charge in [-0.05, 0) is 42.7 Å². The first kappa shape index (κ1) is 17.1. The minimum absolute atomic E-state index is 0.102. The van der Waals surface area contributed by atoms with Gasteiger partial charge in [-0.25, -0.2) is 0 Å². The molecular weight excluding hydrogens is 439 g/mol. The highest BCUT2D eigenvalue weighted by Crippen LogP contribution is 2.45. The van der Waals surface area contributed by atoms with Gasteiger partial charge in [0.05, 0.1) is 22.0 Å². The van der Waals surface area contributed by atoms with E-state index < -0.39 is 0 Å². The third kappa shape index (κ3) is 3.26. The molecule has 21 heavy (non-hydrogen) atoms. The lowest BCUT2D eigenvalue weighted by Crippen LogP contribution is -2.03. The molecule has 0 radical (unpaired) electrons. The standard InChI is InChI=1S/C16H14Br2Cl2O/c1-8-7-11(17)9(2)13(16(8)21-3)14(18)10-5-4-6-12(19)15(10)20/h4-7,14H,1-3H3.